The highest BCUT2D eigenvalue weighted by Gasteiger charge is 2.16. The van der Waals surface area contributed by atoms with E-state index in [1.54, 1.807) is 44.2 Å². The van der Waals surface area contributed by atoms with Crippen LogP contribution in [0.5, 0.6) is 5.75 Å². The smallest absolute Gasteiger partial charge is 0.217 e. The Morgan fingerprint density at radius 1 is 1.36 bits per heavy atom. The van der Waals surface area contributed by atoms with Gasteiger partial charge in [-0.05, 0) is 38.1 Å². The molecule has 2 rings (SSSR count). The van der Waals surface area contributed by atoms with Gasteiger partial charge in [-0.25, -0.2) is 13.1 Å². The van der Waals surface area contributed by atoms with Crippen molar-refractivity contribution >= 4 is 21.6 Å². The van der Waals surface area contributed by atoms with Crippen LogP contribution in [0.3, 0.4) is 0 Å². The summed E-state index contributed by atoms with van der Waals surface area (Å²) in [6, 6.07) is 8.46. The maximum absolute atomic E-state index is 11.9. The van der Waals surface area contributed by atoms with Gasteiger partial charge in [0.15, 0.2) is 0 Å². The van der Waals surface area contributed by atoms with Gasteiger partial charge in [0, 0.05) is 17.6 Å². The Hall–Kier alpha value is -1.57. The van der Waals surface area contributed by atoms with Gasteiger partial charge in [-0.3, -0.25) is 0 Å². The van der Waals surface area contributed by atoms with E-state index in [0.717, 1.165) is 0 Å². The molecule has 1 heterocycles. The molecular weight excluding hydrogens is 328 g/mol. The second kappa shape index (κ2) is 7.13. The Labute approximate surface area is 134 Å². The summed E-state index contributed by atoms with van der Waals surface area (Å²) in [5.41, 5.74) is 0.372. The van der Waals surface area contributed by atoms with E-state index in [1.165, 1.54) is 0 Å². The lowest BCUT2D eigenvalue weighted by Gasteiger charge is -2.15. The first-order valence-corrected chi connectivity index (χ1v) is 8.69. The van der Waals surface area contributed by atoms with Crippen LogP contribution in [0.1, 0.15) is 18.4 Å². The SMILES string of the molecule is Cc1cc(CS(=O)(=O)NCC(C)Oc2ccc(Cl)cc2)no1. The molecule has 0 saturated carbocycles. The van der Waals surface area contributed by atoms with E-state index in [-0.39, 0.29) is 18.4 Å². The first-order chi connectivity index (χ1) is 10.3. The molecule has 0 bridgehead atoms. The summed E-state index contributed by atoms with van der Waals surface area (Å²) < 4.78 is 36.8. The summed E-state index contributed by atoms with van der Waals surface area (Å²) in [7, 11) is -3.49. The number of nitrogens with zero attached hydrogens (tertiary/aromatic N) is 1. The van der Waals surface area contributed by atoms with E-state index in [4.69, 9.17) is 20.9 Å². The molecule has 22 heavy (non-hydrogen) atoms. The van der Waals surface area contributed by atoms with Crippen LogP contribution in [0.25, 0.3) is 0 Å². The van der Waals surface area contributed by atoms with Crippen molar-refractivity contribution in [1.29, 1.82) is 0 Å². The van der Waals surface area contributed by atoms with E-state index in [0.29, 0.717) is 22.2 Å². The molecule has 8 heteroatoms. The van der Waals surface area contributed by atoms with Gasteiger partial charge >= 0.3 is 0 Å². The molecule has 120 valence electrons. The van der Waals surface area contributed by atoms with Crippen LogP contribution >= 0.6 is 11.6 Å². The lowest BCUT2D eigenvalue weighted by atomic mass is 10.3. The van der Waals surface area contributed by atoms with Gasteiger partial charge in [0.25, 0.3) is 0 Å². The molecule has 1 unspecified atom stereocenters. The van der Waals surface area contributed by atoms with Crippen LogP contribution in [0.2, 0.25) is 5.02 Å². The van der Waals surface area contributed by atoms with E-state index in [1.807, 2.05) is 0 Å². The molecule has 0 radical (unpaired) electrons. The normalized spacial score (nSPS) is 13.0. The number of aromatic nitrogens is 1. The summed E-state index contributed by atoms with van der Waals surface area (Å²) in [6.45, 7) is 3.64. The van der Waals surface area contributed by atoms with Gasteiger partial charge in [-0.1, -0.05) is 16.8 Å². The van der Waals surface area contributed by atoms with E-state index in [9.17, 15) is 8.42 Å². The Balaban J connectivity index is 1.84. The molecule has 0 amide bonds. The fourth-order valence-corrected chi connectivity index (χ4v) is 3.01. The summed E-state index contributed by atoms with van der Waals surface area (Å²) in [6.07, 6.45) is -0.324. The molecule has 0 aliphatic rings. The molecule has 0 spiro atoms. The number of aryl methyl sites for hydroxylation is 1. The van der Waals surface area contributed by atoms with Crippen LogP contribution in [0.15, 0.2) is 34.9 Å². The van der Waals surface area contributed by atoms with Crippen molar-refractivity contribution in [2.45, 2.75) is 25.7 Å². The van der Waals surface area contributed by atoms with Crippen molar-refractivity contribution < 1.29 is 17.7 Å². The fourth-order valence-electron chi connectivity index (χ4n) is 1.76. The maximum atomic E-state index is 11.9. The van der Waals surface area contributed by atoms with Crippen molar-refractivity contribution in [3.05, 3.63) is 46.8 Å². The third-order valence-electron chi connectivity index (χ3n) is 2.76. The lowest BCUT2D eigenvalue weighted by Crippen LogP contribution is -2.34. The number of benzene rings is 1. The monoisotopic (exact) mass is 344 g/mol. The van der Waals surface area contributed by atoms with Crippen molar-refractivity contribution in [1.82, 2.24) is 9.88 Å². The van der Waals surface area contributed by atoms with Crippen LogP contribution in [-0.2, 0) is 15.8 Å². The summed E-state index contributed by atoms with van der Waals surface area (Å²) in [5.74, 6) is 0.978. The Bertz CT molecular complexity index is 713. The predicted molar refractivity (Wildman–Crippen MR) is 83.4 cm³/mol. The van der Waals surface area contributed by atoms with Crippen molar-refractivity contribution in [3.63, 3.8) is 0 Å². The minimum atomic E-state index is -3.49. The molecular formula is C14H17ClN2O4S. The average Bonchev–Trinajstić information content (AvgIpc) is 2.84. The first-order valence-electron chi connectivity index (χ1n) is 6.66. The molecule has 2 aromatic rings. The van der Waals surface area contributed by atoms with Gasteiger partial charge in [0.05, 0.1) is 0 Å². The first kappa shape index (κ1) is 16.8. The Morgan fingerprint density at radius 3 is 2.64 bits per heavy atom. The zero-order valence-electron chi connectivity index (χ0n) is 12.2. The number of rotatable bonds is 7. The molecule has 1 aromatic carbocycles. The van der Waals surface area contributed by atoms with Gasteiger partial charge in [-0.15, -0.1) is 0 Å². The van der Waals surface area contributed by atoms with Crippen LogP contribution in [-0.4, -0.2) is 26.2 Å². The number of ether oxygens (including phenoxy) is 1. The number of halogens is 1. The van der Waals surface area contributed by atoms with Gasteiger partial charge in [-0.2, -0.15) is 0 Å². The van der Waals surface area contributed by atoms with Crippen LogP contribution in [0.4, 0.5) is 0 Å². The minimum absolute atomic E-state index is 0.155. The molecule has 0 aliphatic heterocycles. The highest BCUT2D eigenvalue weighted by Crippen LogP contribution is 2.16. The number of nitrogens with one attached hydrogen (secondary N) is 1. The summed E-state index contributed by atoms with van der Waals surface area (Å²) >= 11 is 5.79. The molecule has 1 atom stereocenters. The summed E-state index contributed by atoms with van der Waals surface area (Å²) in [4.78, 5) is 0. The minimum Gasteiger partial charge on any atom is -0.489 e. The number of hydrogen-bond donors (Lipinski definition) is 1. The molecule has 1 N–H and O–H groups in total. The zero-order chi connectivity index (χ0) is 16.2. The van der Waals surface area contributed by atoms with Crippen molar-refractivity contribution in [2.75, 3.05) is 6.54 Å². The highest BCUT2D eigenvalue weighted by molar-refractivity contribution is 7.88. The second-order valence-corrected chi connectivity index (χ2v) is 7.16. The molecule has 0 aliphatic carbocycles. The predicted octanol–water partition coefficient (Wildman–Crippen LogP) is 2.52. The molecule has 6 nitrogen and oxygen atoms in total. The number of hydrogen-bond acceptors (Lipinski definition) is 5. The third kappa shape index (κ3) is 5.32. The summed E-state index contributed by atoms with van der Waals surface area (Å²) in [5, 5.41) is 4.28. The maximum Gasteiger partial charge on any atom is 0.217 e. The molecule has 0 saturated heterocycles. The topological polar surface area (TPSA) is 81.4 Å². The quantitative estimate of drug-likeness (QED) is 0.834. The van der Waals surface area contributed by atoms with Gasteiger partial charge in [0.1, 0.15) is 29.1 Å². The van der Waals surface area contributed by atoms with Gasteiger partial charge < -0.3 is 9.26 Å². The fraction of sp³-hybridized carbons (Fsp3) is 0.357. The van der Waals surface area contributed by atoms with E-state index < -0.39 is 10.0 Å². The van der Waals surface area contributed by atoms with Crippen LogP contribution in [0, 0.1) is 6.92 Å². The standard InChI is InChI=1S/C14H17ClN2O4S/c1-10-7-13(17-21-10)9-22(18,19)16-8-11(2)20-14-5-3-12(15)4-6-14/h3-7,11,16H,8-9H2,1-2H3. The third-order valence-corrected chi connectivity index (χ3v) is 4.29. The Morgan fingerprint density at radius 2 is 2.05 bits per heavy atom. The zero-order valence-corrected chi connectivity index (χ0v) is 13.8. The average molecular weight is 345 g/mol. The van der Waals surface area contributed by atoms with Crippen molar-refractivity contribution in [3.8, 4) is 5.75 Å². The van der Waals surface area contributed by atoms with Crippen molar-refractivity contribution in [2.24, 2.45) is 0 Å². The largest absolute Gasteiger partial charge is 0.489 e. The lowest BCUT2D eigenvalue weighted by molar-refractivity contribution is 0.225. The Kier molecular flexibility index (Phi) is 5.44. The van der Waals surface area contributed by atoms with E-state index in [2.05, 4.69) is 9.88 Å². The van der Waals surface area contributed by atoms with Crippen LogP contribution < -0.4 is 9.46 Å². The number of sulfonamides is 1. The molecule has 0 fully saturated rings. The second-order valence-electron chi connectivity index (χ2n) is 4.92. The highest BCUT2D eigenvalue weighted by atomic mass is 35.5. The van der Waals surface area contributed by atoms with Gasteiger partial charge in [0.2, 0.25) is 10.0 Å². The van der Waals surface area contributed by atoms with E-state index >= 15 is 0 Å². The molecule has 1 aromatic heterocycles.